The third-order valence-corrected chi connectivity index (χ3v) is 5.11. The van der Waals surface area contributed by atoms with Gasteiger partial charge in [0.2, 0.25) is 0 Å². The van der Waals surface area contributed by atoms with Crippen LogP contribution < -0.4 is 11.1 Å². The van der Waals surface area contributed by atoms with Crippen LogP contribution in [0.5, 0.6) is 0 Å². The number of hydrogen-bond acceptors (Lipinski definition) is 5. The standard InChI is InChI=1S/C15H19N3S3/c1-4-10-9(3)21-15(17-10)18-11-7-6-8-12(20-5-2)13(11)14(16)19/h6-8H,4-5H2,1-3H3,(H2,16,19)(H,17,18). The van der Waals surface area contributed by atoms with Crippen molar-refractivity contribution in [2.24, 2.45) is 5.73 Å². The summed E-state index contributed by atoms with van der Waals surface area (Å²) in [6.45, 7) is 6.33. The van der Waals surface area contributed by atoms with Crippen LogP contribution in [0.15, 0.2) is 23.1 Å². The highest BCUT2D eigenvalue weighted by Crippen LogP contribution is 2.32. The molecule has 1 heterocycles. The summed E-state index contributed by atoms with van der Waals surface area (Å²) < 4.78 is 0. The molecule has 21 heavy (non-hydrogen) atoms. The van der Waals surface area contributed by atoms with Crippen LogP contribution in [0.3, 0.4) is 0 Å². The van der Waals surface area contributed by atoms with Crippen molar-refractivity contribution in [1.29, 1.82) is 0 Å². The first kappa shape index (κ1) is 16.3. The number of benzene rings is 1. The van der Waals surface area contributed by atoms with E-state index in [-0.39, 0.29) is 0 Å². The lowest BCUT2D eigenvalue weighted by Crippen LogP contribution is -2.13. The molecule has 0 amide bonds. The van der Waals surface area contributed by atoms with Crippen molar-refractivity contribution >= 4 is 51.1 Å². The molecule has 0 aliphatic carbocycles. The second kappa shape index (κ2) is 7.24. The maximum Gasteiger partial charge on any atom is 0.187 e. The Balaban J connectivity index is 2.38. The van der Waals surface area contributed by atoms with Gasteiger partial charge in [0, 0.05) is 15.3 Å². The largest absolute Gasteiger partial charge is 0.389 e. The van der Waals surface area contributed by atoms with Crippen LogP contribution in [-0.2, 0) is 6.42 Å². The highest BCUT2D eigenvalue weighted by molar-refractivity contribution is 7.99. The summed E-state index contributed by atoms with van der Waals surface area (Å²) in [4.78, 5) is 7.39. The molecule has 1 aromatic carbocycles. The van der Waals surface area contributed by atoms with E-state index < -0.39 is 0 Å². The second-order valence-corrected chi connectivity index (χ2v) is 7.43. The second-order valence-electron chi connectivity index (χ2n) is 4.48. The third kappa shape index (κ3) is 3.75. The number of nitrogens with two attached hydrogens (primary N) is 1. The molecule has 0 aliphatic rings. The van der Waals surface area contributed by atoms with E-state index in [0.717, 1.165) is 39.1 Å². The number of thiazole rings is 1. The van der Waals surface area contributed by atoms with Crippen molar-refractivity contribution in [3.05, 3.63) is 34.3 Å². The SMILES string of the molecule is CCSc1cccc(Nc2nc(CC)c(C)s2)c1C(N)=S. The van der Waals surface area contributed by atoms with Gasteiger partial charge in [-0.1, -0.05) is 32.1 Å². The molecule has 2 rings (SSSR count). The van der Waals surface area contributed by atoms with Crippen molar-refractivity contribution in [1.82, 2.24) is 4.98 Å². The molecule has 0 saturated heterocycles. The summed E-state index contributed by atoms with van der Waals surface area (Å²) in [6.07, 6.45) is 0.942. The van der Waals surface area contributed by atoms with E-state index in [1.807, 2.05) is 12.1 Å². The van der Waals surface area contributed by atoms with Gasteiger partial charge in [-0.05, 0) is 31.2 Å². The van der Waals surface area contributed by atoms with E-state index in [2.05, 4.69) is 37.1 Å². The molecular formula is C15H19N3S3. The van der Waals surface area contributed by atoms with Gasteiger partial charge in [0.1, 0.15) is 4.99 Å². The first-order valence-electron chi connectivity index (χ1n) is 6.85. The molecule has 2 aromatic rings. The highest BCUT2D eigenvalue weighted by Gasteiger charge is 2.13. The molecule has 6 heteroatoms. The van der Waals surface area contributed by atoms with Crippen LogP contribution in [0.4, 0.5) is 10.8 Å². The van der Waals surface area contributed by atoms with Crippen molar-refractivity contribution in [2.75, 3.05) is 11.1 Å². The maximum absolute atomic E-state index is 5.92. The number of nitrogens with one attached hydrogen (secondary N) is 1. The number of hydrogen-bond donors (Lipinski definition) is 2. The van der Waals surface area contributed by atoms with Crippen LogP contribution in [0.25, 0.3) is 0 Å². The lowest BCUT2D eigenvalue weighted by atomic mass is 10.2. The molecule has 0 saturated carbocycles. The maximum atomic E-state index is 5.92. The van der Waals surface area contributed by atoms with Crippen molar-refractivity contribution < 1.29 is 0 Å². The molecule has 1 aromatic heterocycles. The summed E-state index contributed by atoms with van der Waals surface area (Å²) in [5.74, 6) is 0.982. The minimum Gasteiger partial charge on any atom is -0.389 e. The van der Waals surface area contributed by atoms with Gasteiger partial charge in [-0.25, -0.2) is 4.98 Å². The van der Waals surface area contributed by atoms with E-state index in [0.29, 0.717) is 4.99 Å². The molecule has 0 unspecified atom stereocenters. The Bertz CT molecular complexity index is 650. The zero-order valence-electron chi connectivity index (χ0n) is 12.4. The fraction of sp³-hybridized carbons (Fsp3) is 0.333. The van der Waals surface area contributed by atoms with Crippen molar-refractivity contribution in [2.45, 2.75) is 32.1 Å². The summed E-state index contributed by atoms with van der Waals surface area (Å²) in [6, 6.07) is 6.07. The quantitative estimate of drug-likeness (QED) is 0.600. The van der Waals surface area contributed by atoms with Crippen LogP contribution in [-0.4, -0.2) is 15.7 Å². The molecule has 0 atom stereocenters. The van der Waals surface area contributed by atoms with Crippen molar-refractivity contribution in [3.63, 3.8) is 0 Å². The zero-order chi connectivity index (χ0) is 15.4. The lowest BCUT2D eigenvalue weighted by Gasteiger charge is -2.13. The Morgan fingerprint density at radius 2 is 2.19 bits per heavy atom. The molecule has 112 valence electrons. The molecule has 0 bridgehead atoms. The number of thiocarbonyl (C=S) groups is 1. The summed E-state index contributed by atoms with van der Waals surface area (Å²) in [5, 5.41) is 4.26. The summed E-state index contributed by atoms with van der Waals surface area (Å²) in [7, 11) is 0. The predicted octanol–water partition coefficient (Wildman–Crippen LogP) is 4.50. The van der Waals surface area contributed by atoms with E-state index in [9.17, 15) is 0 Å². The van der Waals surface area contributed by atoms with E-state index in [1.54, 1.807) is 23.1 Å². The van der Waals surface area contributed by atoms with Crippen LogP contribution >= 0.6 is 35.3 Å². The minimum absolute atomic E-state index is 0.415. The molecule has 0 spiro atoms. The first-order chi connectivity index (χ1) is 10.1. The van der Waals surface area contributed by atoms with Gasteiger partial charge in [0.05, 0.1) is 11.4 Å². The zero-order valence-corrected chi connectivity index (χ0v) is 14.8. The topological polar surface area (TPSA) is 50.9 Å². The van der Waals surface area contributed by atoms with Gasteiger partial charge >= 0.3 is 0 Å². The number of aromatic nitrogens is 1. The van der Waals surface area contributed by atoms with Crippen molar-refractivity contribution in [3.8, 4) is 0 Å². The number of rotatable bonds is 6. The third-order valence-electron chi connectivity index (χ3n) is 3.04. The normalized spacial score (nSPS) is 10.6. The predicted molar refractivity (Wildman–Crippen MR) is 98.2 cm³/mol. The highest BCUT2D eigenvalue weighted by atomic mass is 32.2. The Morgan fingerprint density at radius 3 is 2.76 bits per heavy atom. The van der Waals surface area contributed by atoms with Gasteiger partial charge in [-0.2, -0.15) is 0 Å². The molecule has 0 radical (unpaired) electrons. The summed E-state index contributed by atoms with van der Waals surface area (Å²) in [5.41, 5.74) is 8.89. The number of nitrogens with zero attached hydrogens (tertiary/aromatic N) is 1. The van der Waals surface area contributed by atoms with Crippen LogP contribution in [0.1, 0.15) is 30.0 Å². The van der Waals surface area contributed by atoms with Gasteiger partial charge < -0.3 is 11.1 Å². The Morgan fingerprint density at radius 1 is 1.43 bits per heavy atom. The molecular weight excluding hydrogens is 318 g/mol. The average molecular weight is 338 g/mol. The van der Waals surface area contributed by atoms with Crippen LogP contribution in [0.2, 0.25) is 0 Å². The number of aryl methyl sites for hydroxylation is 2. The Hall–Kier alpha value is -1.11. The molecule has 0 aliphatic heterocycles. The van der Waals surface area contributed by atoms with Gasteiger partial charge in [0.25, 0.3) is 0 Å². The van der Waals surface area contributed by atoms with Gasteiger partial charge in [0.15, 0.2) is 5.13 Å². The van der Waals surface area contributed by atoms with Gasteiger partial charge in [-0.3, -0.25) is 0 Å². The van der Waals surface area contributed by atoms with E-state index >= 15 is 0 Å². The van der Waals surface area contributed by atoms with Gasteiger partial charge in [-0.15, -0.1) is 23.1 Å². The lowest BCUT2D eigenvalue weighted by molar-refractivity contribution is 1.05. The monoisotopic (exact) mass is 337 g/mol. The van der Waals surface area contributed by atoms with E-state index in [1.165, 1.54) is 4.88 Å². The fourth-order valence-electron chi connectivity index (χ4n) is 2.09. The number of anilines is 2. The molecule has 3 N–H and O–H groups in total. The average Bonchev–Trinajstić information content (AvgIpc) is 2.79. The number of thioether (sulfide) groups is 1. The Kier molecular flexibility index (Phi) is 5.61. The van der Waals surface area contributed by atoms with E-state index in [4.69, 9.17) is 18.0 Å². The fourth-order valence-corrected chi connectivity index (χ4v) is 4.14. The molecule has 0 fully saturated rings. The first-order valence-corrected chi connectivity index (χ1v) is 9.06. The molecule has 3 nitrogen and oxygen atoms in total. The van der Waals surface area contributed by atoms with Crippen LogP contribution in [0, 0.1) is 6.92 Å². The Labute approximate surface area is 139 Å². The minimum atomic E-state index is 0.415. The smallest absolute Gasteiger partial charge is 0.187 e. The summed E-state index contributed by atoms with van der Waals surface area (Å²) >= 11 is 8.63.